The number of nitrogens with zero attached hydrogens (tertiary/aromatic N) is 1. The van der Waals surface area contributed by atoms with Gasteiger partial charge in [-0.25, -0.2) is 0 Å². The lowest BCUT2D eigenvalue weighted by atomic mass is 10.1. The molecule has 28 heavy (non-hydrogen) atoms. The summed E-state index contributed by atoms with van der Waals surface area (Å²) in [5.74, 6) is 0.550. The van der Waals surface area contributed by atoms with E-state index >= 15 is 0 Å². The van der Waals surface area contributed by atoms with Crippen LogP contribution in [0.1, 0.15) is 23.3 Å². The van der Waals surface area contributed by atoms with E-state index in [9.17, 15) is 9.59 Å². The van der Waals surface area contributed by atoms with Gasteiger partial charge in [-0.15, -0.1) is 0 Å². The van der Waals surface area contributed by atoms with Crippen LogP contribution in [0.15, 0.2) is 77.4 Å². The van der Waals surface area contributed by atoms with Crippen molar-refractivity contribution < 1.29 is 14.0 Å². The summed E-state index contributed by atoms with van der Waals surface area (Å²) < 4.78 is 5.40. The van der Waals surface area contributed by atoms with E-state index in [1.165, 1.54) is 0 Å². The highest BCUT2D eigenvalue weighted by molar-refractivity contribution is 5.93. The first-order chi connectivity index (χ1) is 13.6. The minimum atomic E-state index is -0.0908. The summed E-state index contributed by atoms with van der Waals surface area (Å²) in [6, 6.07) is 21.0. The first kappa shape index (κ1) is 19.4. The zero-order valence-corrected chi connectivity index (χ0v) is 15.9. The Morgan fingerprint density at radius 2 is 1.71 bits per heavy atom. The molecule has 3 rings (SSSR count). The van der Waals surface area contributed by atoms with Gasteiger partial charge in [0.2, 0.25) is 11.8 Å². The Hall–Kier alpha value is -3.34. The molecule has 0 fully saturated rings. The summed E-state index contributed by atoms with van der Waals surface area (Å²) in [6.45, 7) is 2.66. The highest BCUT2D eigenvalue weighted by Crippen LogP contribution is 2.19. The van der Waals surface area contributed by atoms with Crippen LogP contribution in [0.3, 0.4) is 0 Å². The highest BCUT2D eigenvalue weighted by atomic mass is 16.3. The summed E-state index contributed by atoms with van der Waals surface area (Å²) in [5, 5.41) is 2.83. The van der Waals surface area contributed by atoms with E-state index in [0.717, 1.165) is 16.8 Å². The van der Waals surface area contributed by atoms with Gasteiger partial charge in [-0.05, 0) is 36.8 Å². The van der Waals surface area contributed by atoms with Crippen molar-refractivity contribution in [1.29, 1.82) is 0 Å². The number of amides is 2. The largest absolute Gasteiger partial charge is 0.467 e. The van der Waals surface area contributed by atoms with Gasteiger partial charge in [-0.1, -0.05) is 48.0 Å². The minimum Gasteiger partial charge on any atom is -0.467 e. The van der Waals surface area contributed by atoms with E-state index in [1.807, 2.05) is 67.6 Å². The zero-order chi connectivity index (χ0) is 19.8. The van der Waals surface area contributed by atoms with Gasteiger partial charge in [0, 0.05) is 18.7 Å². The van der Waals surface area contributed by atoms with Crippen molar-refractivity contribution in [3.63, 3.8) is 0 Å². The lowest BCUT2D eigenvalue weighted by molar-refractivity contribution is -0.121. The Morgan fingerprint density at radius 3 is 2.39 bits per heavy atom. The molecule has 3 aromatic rings. The number of rotatable bonds is 8. The first-order valence-corrected chi connectivity index (χ1v) is 9.32. The molecule has 5 nitrogen and oxygen atoms in total. The second kappa shape index (κ2) is 9.55. The van der Waals surface area contributed by atoms with Crippen molar-refractivity contribution in [2.75, 3.05) is 11.4 Å². The molecule has 0 radical (unpaired) electrons. The van der Waals surface area contributed by atoms with Gasteiger partial charge in [0.1, 0.15) is 5.76 Å². The number of carbonyl (C=O) groups excluding carboxylic acids is 2. The standard InChI is InChI=1S/C23H24N2O3/c1-18-9-11-20(12-10-18)25(17-21-8-5-15-28-21)23(27)13-14-24-22(26)16-19-6-3-2-4-7-19/h2-12,15H,13-14,16-17H2,1H3,(H,24,26). The average molecular weight is 376 g/mol. The molecule has 0 aliphatic heterocycles. The first-order valence-electron chi connectivity index (χ1n) is 9.32. The van der Waals surface area contributed by atoms with Crippen LogP contribution in [0.4, 0.5) is 5.69 Å². The fourth-order valence-electron chi connectivity index (χ4n) is 2.89. The number of hydrogen-bond donors (Lipinski definition) is 1. The van der Waals surface area contributed by atoms with Gasteiger partial charge in [-0.2, -0.15) is 0 Å². The van der Waals surface area contributed by atoms with Gasteiger partial charge in [0.05, 0.1) is 19.2 Å². The quantitative estimate of drug-likeness (QED) is 0.649. The van der Waals surface area contributed by atoms with E-state index in [2.05, 4.69) is 5.32 Å². The monoisotopic (exact) mass is 376 g/mol. The van der Waals surface area contributed by atoms with Crippen molar-refractivity contribution in [3.8, 4) is 0 Å². The number of benzene rings is 2. The predicted molar refractivity (Wildman–Crippen MR) is 109 cm³/mol. The van der Waals surface area contributed by atoms with Crippen LogP contribution in [0.25, 0.3) is 0 Å². The van der Waals surface area contributed by atoms with Crippen LogP contribution in [0, 0.1) is 6.92 Å². The Labute approximate surface area is 165 Å². The number of carbonyl (C=O) groups is 2. The second-order valence-electron chi connectivity index (χ2n) is 6.66. The van der Waals surface area contributed by atoms with E-state index in [0.29, 0.717) is 25.3 Å². The van der Waals surface area contributed by atoms with Gasteiger partial charge in [-0.3, -0.25) is 9.59 Å². The second-order valence-corrected chi connectivity index (χ2v) is 6.66. The number of nitrogens with one attached hydrogen (secondary N) is 1. The smallest absolute Gasteiger partial charge is 0.229 e. The molecule has 0 saturated heterocycles. The fraction of sp³-hybridized carbons (Fsp3) is 0.217. The topological polar surface area (TPSA) is 62.6 Å². The third-order valence-corrected chi connectivity index (χ3v) is 4.41. The molecule has 0 spiro atoms. The van der Waals surface area contributed by atoms with E-state index in [4.69, 9.17) is 4.42 Å². The fourth-order valence-corrected chi connectivity index (χ4v) is 2.89. The molecule has 0 unspecified atom stereocenters. The Kier molecular flexibility index (Phi) is 6.63. The molecule has 2 aromatic carbocycles. The molecule has 1 heterocycles. The Bertz CT molecular complexity index is 887. The van der Waals surface area contributed by atoms with Crippen molar-refractivity contribution in [2.24, 2.45) is 0 Å². The maximum atomic E-state index is 12.8. The third kappa shape index (κ3) is 5.58. The lowest BCUT2D eigenvalue weighted by Crippen LogP contribution is -2.34. The summed E-state index contributed by atoms with van der Waals surface area (Å²) in [7, 11) is 0. The summed E-state index contributed by atoms with van der Waals surface area (Å²) >= 11 is 0. The number of aryl methyl sites for hydroxylation is 1. The van der Waals surface area contributed by atoms with Crippen molar-refractivity contribution in [3.05, 3.63) is 89.9 Å². The predicted octanol–water partition coefficient (Wildman–Crippen LogP) is 3.87. The van der Waals surface area contributed by atoms with Crippen LogP contribution in [0.5, 0.6) is 0 Å². The van der Waals surface area contributed by atoms with Crippen LogP contribution in [0.2, 0.25) is 0 Å². The Balaban J connectivity index is 1.58. The maximum Gasteiger partial charge on any atom is 0.229 e. The lowest BCUT2D eigenvalue weighted by Gasteiger charge is -2.22. The molecule has 0 aliphatic rings. The average Bonchev–Trinajstić information content (AvgIpc) is 3.21. The summed E-state index contributed by atoms with van der Waals surface area (Å²) in [4.78, 5) is 26.6. The Morgan fingerprint density at radius 1 is 0.964 bits per heavy atom. The van der Waals surface area contributed by atoms with E-state index in [-0.39, 0.29) is 18.2 Å². The highest BCUT2D eigenvalue weighted by Gasteiger charge is 2.17. The van der Waals surface area contributed by atoms with Crippen molar-refractivity contribution in [1.82, 2.24) is 5.32 Å². The molecule has 0 atom stereocenters. The molecular formula is C23H24N2O3. The van der Waals surface area contributed by atoms with Gasteiger partial charge in [0.15, 0.2) is 0 Å². The molecular weight excluding hydrogens is 352 g/mol. The van der Waals surface area contributed by atoms with Crippen molar-refractivity contribution >= 4 is 17.5 Å². The summed E-state index contributed by atoms with van der Waals surface area (Å²) in [6.07, 6.45) is 2.12. The molecule has 0 saturated carbocycles. The van der Waals surface area contributed by atoms with E-state index in [1.54, 1.807) is 17.2 Å². The SMILES string of the molecule is Cc1ccc(N(Cc2ccco2)C(=O)CCNC(=O)Cc2ccccc2)cc1. The molecule has 1 aromatic heterocycles. The van der Waals surface area contributed by atoms with Gasteiger partial charge >= 0.3 is 0 Å². The van der Waals surface area contributed by atoms with Crippen molar-refractivity contribution in [2.45, 2.75) is 26.3 Å². The minimum absolute atomic E-state index is 0.0692. The third-order valence-electron chi connectivity index (χ3n) is 4.41. The van der Waals surface area contributed by atoms with Gasteiger partial charge < -0.3 is 14.6 Å². The normalized spacial score (nSPS) is 10.5. The maximum absolute atomic E-state index is 12.8. The number of hydrogen-bond acceptors (Lipinski definition) is 3. The van der Waals surface area contributed by atoms with Crippen LogP contribution < -0.4 is 10.2 Å². The molecule has 144 valence electrons. The zero-order valence-electron chi connectivity index (χ0n) is 15.9. The van der Waals surface area contributed by atoms with Crippen LogP contribution in [-0.4, -0.2) is 18.4 Å². The number of anilines is 1. The molecule has 2 amide bonds. The van der Waals surface area contributed by atoms with Gasteiger partial charge in [0.25, 0.3) is 0 Å². The van der Waals surface area contributed by atoms with Crippen LogP contribution >= 0.6 is 0 Å². The van der Waals surface area contributed by atoms with Crippen LogP contribution in [-0.2, 0) is 22.6 Å². The molecule has 0 aliphatic carbocycles. The van der Waals surface area contributed by atoms with E-state index < -0.39 is 0 Å². The summed E-state index contributed by atoms with van der Waals surface area (Å²) in [5.41, 5.74) is 2.88. The number of furan rings is 1. The molecule has 1 N–H and O–H groups in total. The molecule has 0 bridgehead atoms. The molecule has 5 heteroatoms.